The second kappa shape index (κ2) is 7.55. The lowest BCUT2D eigenvalue weighted by molar-refractivity contribution is 0.0425. The number of piperidine rings is 1. The Bertz CT molecular complexity index is 528. The molecule has 1 aromatic rings. The topological polar surface area (TPSA) is 9.72 Å². The van der Waals surface area contributed by atoms with E-state index in [1.54, 1.807) is 11.1 Å². The highest BCUT2D eigenvalue weighted by Crippen LogP contribution is 2.36. The molecule has 0 spiro atoms. The fraction of sp³-hybridized carbons (Fsp3) is 0.714. The maximum Gasteiger partial charge on any atom is 0.0355 e. The third kappa shape index (κ3) is 3.40. The number of benzene rings is 1. The molecule has 2 aliphatic heterocycles. The van der Waals surface area contributed by atoms with Gasteiger partial charge in [0.2, 0.25) is 0 Å². The van der Waals surface area contributed by atoms with Crippen LogP contribution in [0.15, 0.2) is 24.3 Å². The molecule has 2 saturated heterocycles. The molecule has 1 aliphatic carbocycles. The zero-order valence-electron chi connectivity index (χ0n) is 15.3. The Hall–Kier alpha value is -0.900. The van der Waals surface area contributed by atoms with Gasteiger partial charge < -0.3 is 4.90 Å². The number of rotatable bonds is 4. The molecule has 132 valence electrons. The van der Waals surface area contributed by atoms with E-state index >= 15 is 0 Å². The summed E-state index contributed by atoms with van der Waals surface area (Å²) in [5.74, 6) is 0. The summed E-state index contributed by atoms with van der Waals surface area (Å²) in [4.78, 5) is 8.21. The first-order chi connectivity index (χ1) is 11.8. The van der Waals surface area contributed by atoms with Gasteiger partial charge in [-0.25, -0.2) is 0 Å². The quantitative estimate of drug-likeness (QED) is 0.841. The smallest absolute Gasteiger partial charge is 0.0355 e. The zero-order valence-corrected chi connectivity index (χ0v) is 15.3. The fourth-order valence-electron chi connectivity index (χ4n) is 5.15. The number of nitrogens with zero attached hydrogens (tertiary/aromatic N) is 3. The molecule has 0 radical (unpaired) electrons. The number of likely N-dealkylation sites (tertiary alicyclic amines) is 1. The van der Waals surface area contributed by atoms with Crippen LogP contribution in [0.25, 0.3) is 0 Å². The highest BCUT2D eigenvalue weighted by atomic mass is 15.3. The number of hydrogen-bond acceptors (Lipinski definition) is 3. The van der Waals surface area contributed by atoms with Crippen LogP contribution in [0.5, 0.6) is 0 Å². The Labute approximate surface area is 147 Å². The molecule has 24 heavy (non-hydrogen) atoms. The summed E-state index contributed by atoms with van der Waals surface area (Å²) in [6, 6.07) is 10.6. The minimum atomic E-state index is 0.690. The van der Waals surface area contributed by atoms with Crippen molar-refractivity contribution in [3.8, 4) is 0 Å². The zero-order chi connectivity index (χ0) is 16.4. The SMILES string of the molecule is CCCN1CCC(N2CCN(C3CCc4ccccc43)CC2)CC1. The second-order valence-electron chi connectivity index (χ2n) is 7.90. The van der Waals surface area contributed by atoms with Crippen LogP contribution in [0.2, 0.25) is 0 Å². The van der Waals surface area contributed by atoms with E-state index < -0.39 is 0 Å². The van der Waals surface area contributed by atoms with E-state index in [1.165, 1.54) is 77.9 Å². The van der Waals surface area contributed by atoms with Crippen LogP contribution in [0, 0.1) is 0 Å². The third-order valence-electron chi connectivity index (χ3n) is 6.50. The molecule has 0 N–H and O–H groups in total. The normalized spacial score (nSPS) is 27.5. The lowest BCUT2D eigenvalue weighted by Crippen LogP contribution is -2.53. The summed E-state index contributed by atoms with van der Waals surface area (Å²) in [5, 5.41) is 0. The molecular formula is C21H33N3. The van der Waals surface area contributed by atoms with E-state index in [-0.39, 0.29) is 0 Å². The second-order valence-corrected chi connectivity index (χ2v) is 7.90. The van der Waals surface area contributed by atoms with Crippen LogP contribution < -0.4 is 0 Å². The van der Waals surface area contributed by atoms with Gasteiger partial charge in [-0.2, -0.15) is 0 Å². The van der Waals surface area contributed by atoms with E-state index in [0.29, 0.717) is 6.04 Å². The predicted octanol–water partition coefficient (Wildman–Crippen LogP) is 3.17. The van der Waals surface area contributed by atoms with Gasteiger partial charge >= 0.3 is 0 Å². The average molecular weight is 328 g/mol. The van der Waals surface area contributed by atoms with Gasteiger partial charge in [0, 0.05) is 38.3 Å². The maximum absolute atomic E-state index is 2.79. The summed E-state index contributed by atoms with van der Waals surface area (Å²) < 4.78 is 0. The fourth-order valence-corrected chi connectivity index (χ4v) is 5.15. The summed E-state index contributed by atoms with van der Waals surface area (Å²) in [7, 11) is 0. The summed E-state index contributed by atoms with van der Waals surface area (Å²) in [5.41, 5.74) is 3.20. The summed E-state index contributed by atoms with van der Waals surface area (Å²) >= 11 is 0. The Morgan fingerprint density at radius 3 is 2.33 bits per heavy atom. The molecule has 4 rings (SSSR count). The van der Waals surface area contributed by atoms with Gasteiger partial charge in [-0.1, -0.05) is 31.2 Å². The lowest BCUT2D eigenvalue weighted by Gasteiger charge is -2.44. The number of hydrogen-bond donors (Lipinski definition) is 0. The van der Waals surface area contributed by atoms with Crippen LogP contribution in [0.3, 0.4) is 0 Å². The van der Waals surface area contributed by atoms with Gasteiger partial charge in [0.25, 0.3) is 0 Å². The van der Waals surface area contributed by atoms with Crippen molar-refractivity contribution in [1.29, 1.82) is 0 Å². The monoisotopic (exact) mass is 327 g/mol. The van der Waals surface area contributed by atoms with Gasteiger partial charge in [0.1, 0.15) is 0 Å². The molecule has 0 saturated carbocycles. The largest absolute Gasteiger partial charge is 0.303 e. The number of piperazine rings is 1. The van der Waals surface area contributed by atoms with Crippen molar-refractivity contribution in [2.75, 3.05) is 45.8 Å². The first-order valence-corrected chi connectivity index (χ1v) is 10.1. The molecule has 0 bridgehead atoms. The van der Waals surface area contributed by atoms with E-state index in [9.17, 15) is 0 Å². The maximum atomic E-state index is 2.79. The van der Waals surface area contributed by atoms with Crippen molar-refractivity contribution < 1.29 is 0 Å². The lowest BCUT2D eigenvalue weighted by atomic mass is 10.0. The molecule has 0 amide bonds. The average Bonchev–Trinajstić information content (AvgIpc) is 3.07. The highest BCUT2D eigenvalue weighted by Gasteiger charge is 2.32. The van der Waals surface area contributed by atoms with Crippen molar-refractivity contribution in [3.05, 3.63) is 35.4 Å². The Morgan fingerprint density at radius 1 is 0.875 bits per heavy atom. The van der Waals surface area contributed by atoms with Crippen molar-refractivity contribution >= 4 is 0 Å². The van der Waals surface area contributed by atoms with E-state index in [0.717, 1.165) is 6.04 Å². The first kappa shape index (κ1) is 16.6. The highest BCUT2D eigenvalue weighted by molar-refractivity contribution is 5.34. The van der Waals surface area contributed by atoms with Crippen molar-refractivity contribution in [3.63, 3.8) is 0 Å². The molecule has 3 nitrogen and oxygen atoms in total. The van der Waals surface area contributed by atoms with Crippen LogP contribution in [0.4, 0.5) is 0 Å². The molecule has 1 unspecified atom stereocenters. The molecule has 1 aromatic carbocycles. The third-order valence-corrected chi connectivity index (χ3v) is 6.50. The number of aryl methyl sites for hydroxylation is 1. The first-order valence-electron chi connectivity index (χ1n) is 10.1. The van der Waals surface area contributed by atoms with Gasteiger partial charge in [-0.05, 0) is 62.9 Å². The Kier molecular flexibility index (Phi) is 5.21. The van der Waals surface area contributed by atoms with Gasteiger partial charge in [-0.15, -0.1) is 0 Å². The molecule has 2 fully saturated rings. The van der Waals surface area contributed by atoms with Gasteiger partial charge in [0.05, 0.1) is 0 Å². The van der Waals surface area contributed by atoms with Crippen LogP contribution in [-0.2, 0) is 6.42 Å². The van der Waals surface area contributed by atoms with Gasteiger partial charge in [-0.3, -0.25) is 9.80 Å². The molecule has 2 heterocycles. The molecule has 3 heteroatoms. The van der Waals surface area contributed by atoms with Gasteiger partial charge in [0.15, 0.2) is 0 Å². The predicted molar refractivity (Wildman–Crippen MR) is 100 cm³/mol. The van der Waals surface area contributed by atoms with E-state index in [2.05, 4.69) is 45.9 Å². The van der Waals surface area contributed by atoms with Crippen LogP contribution in [0.1, 0.15) is 49.8 Å². The number of fused-ring (bicyclic) bond motifs is 1. The minimum Gasteiger partial charge on any atom is -0.303 e. The summed E-state index contributed by atoms with van der Waals surface area (Å²) in [6.07, 6.45) is 6.66. The molecular weight excluding hydrogens is 294 g/mol. The van der Waals surface area contributed by atoms with Crippen molar-refractivity contribution in [2.45, 2.75) is 51.1 Å². The minimum absolute atomic E-state index is 0.690. The van der Waals surface area contributed by atoms with E-state index in [1.807, 2.05) is 0 Å². The molecule has 0 aromatic heterocycles. The van der Waals surface area contributed by atoms with Crippen LogP contribution >= 0.6 is 0 Å². The van der Waals surface area contributed by atoms with Crippen molar-refractivity contribution in [1.82, 2.24) is 14.7 Å². The van der Waals surface area contributed by atoms with E-state index in [4.69, 9.17) is 0 Å². The van der Waals surface area contributed by atoms with Crippen molar-refractivity contribution in [2.24, 2.45) is 0 Å². The van der Waals surface area contributed by atoms with Crippen LogP contribution in [-0.4, -0.2) is 66.6 Å². The Balaban J connectivity index is 1.29. The summed E-state index contributed by atoms with van der Waals surface area (Å²) in [6.45, 7) is 11.3. The molecule has 3 aliphatic rings. The Morgan fingerprint density at radius 2 is 1.58 bits per heavy atom. The molecule has 1 atom stereocenters. The standard InChI is InChI=1S/C21H33N3/c1-2-11-22-12-9-19(10-13-22)23-14-16-24(17-15-23)21-8-7-18-5-3-4-6-20(18)21/h3-6,19,21H,2,7-17H2,1H3.